The molecule has 4 rings (SSSR count). The average Bonchev–Trinajstić information content (AvgIpc) is 2.73. The van der Waals surface area contributed by atoms with Gasteiger partial charge >= 0.3 is 6.18 Å². The largest absolute Gasteiger partial charge is 0.416 e. The van der Waals surface area contributed by atoms with Crippen molar-refractivity contribution in [3.05, 3.63) is 99.8 Å². The maximum atomic E-state index is 13.2. The molecule has 4 aromatic rings. The highest BCUT2D eigenvalue weighted by Gasteiger charge is 2.30. The number of fused-ring (bicyclic) bond motifs is 1. The molecule has 0 bridgehead atoms. The topological polar surface area (TPSA) is 47.2 Å². The fourth-order valence-electron chi connectivity index (χ4n) is 3.10. The molecule has 7 heteroatoms. The number of alkyl halides is 3. The SMILES string of the molecule is Cc1ccccc1C=Nn1c(-c2cccc(C(F)(F)F)c2)nc2ccccc2c1=O. The molecule has 0 radical (unpaired) electrons. The van der Waals surface area contributed by atoms with Crippen molar-refractivity contribution in [2.45, 2.75) is 13.1 Å². The van der Waals surface area contributed by atoms with Crippen molar-refractivity contribution in [3.8, 4) is 11.4 Å². The number of aromatic nitrogens is 2. The molecule has 30 heavy (non-hydrogen) atoms. The summed E-state index contributed by atoms with van der Waals surface area (Å²) in [4.78, 5) is 17.5. The minimum atomic E-state index is -4.51. The molecular weight excluding hydrogens is 391 g/mol. The molecule has 0 aliphatic rings. The van der Waals surface area contributed by atoms with E-state index in [1.165, 1.54) is 18.3 Å². The minimum Gasteiger partial charge on any atom is -0.267 e. The van der Waals surface area contributed by atoms with Crippen molar-refractivity contribution in [3.63, 3.8) is 0 Å². The van der Waals surface area contributed by atoms with E-state index < -0.39 is 17.3 Å². The summed E-state index contributed by atoms with van der Waals surface area (Å²) >= 11 is 0. The Morgan fingerprint density at radius 2 is 1.70 bits per heavy atom. The van der Waals surface area contributed by atoms with Crippen LogP contribution in [-0.4, -0.2) is 15.9 Å². The van der Waals surface area contributed by atoms with Gasteiger partial charge in [0.05, 0.1) is 22.7 Å². The van der Waals surface area contributed by atoms with Crippen LogP contribution in [-0.2, 0) is 6.18 Å². The van der Waals surface area contributed by atoms with E-state index in [1.807, 2.05) is 31.2 Å². The average molecular weight is 407 g/mol. The van der Waals surface area contributed by atoms with Gasteiger partial charge in [-0.1, -0.05) is 48.5 Å². The van der Waals surface area contributed by atoms with Crippen LogP contribution in [0.2, 0.25) is 0 Å². The first-order chi connectivity index (χ1) is 14.3. The Labute approximate surface area is 169 Å². The van der Waals surface area contributed by atoms with Crippen LogP contribution in [0.3, 0.4) is 0 Å². The van der Waals surface area contributed by atoms with Gasteiger partial charge in [-0.25, -0.2) is 4.98 Å². The summed E-state index contributed by atoms with van der Waals surface area (Å²) in [5, 5.41) is 4.62. The van der Waals surface area contributed by atoms with E-state index in [0.29, 0.717) is 10.9 Å². The fourth-order valence-corrected chi connectivity index (χ4v) is 3.10. The number of aryl methyl sites for hydroxylation is 1. The molecule has 0 N–H and O–H groups in total. The minimum absolute atomic E-state index is 0.0367. The van der Waals surface area contributed by atoms with E-state index in [-0.39, 0.29) is 11.4 Å². The first-order valence-electron chi connectivity index (χ1n) is 9.14. The summed E-state index contributed by atoms with van der Waals surface area (Å²) in [5.74, 6) is 0.0367. The normalized spacial score (nSPS) is 12.0. The molecule has 150 valence electrons. The lowest BCUT2D eigenvalue weighted by molar-refractivity contribution is -0.137. The van der Waals surface area contributed by atoms with Gasteiger partial charge in [0.15, 0.2) is 5.82 Å². The standard InChI is InChI=1S/C23H16F3N3O/c1-15-7-2-3-8-17(15)14-27-29-21(16-9-6-10-18(13-16)23(24,25)26)28-20-12-5-4-11-19(20)22(29)30/h2-14H,1H3. The molecule has 0 aliphatic heterocycles. The first kappa shape index (κ1) is 19.6. The van der Waals surface area contributed by atoms with Gasteiger partial charge in [0.2, 0.25) is 0 Å². The monoisotopic (exact) mass is 407 g/mol. The van der Waals surface area contributed by atoms with Crippen LogP contribution >= 0.6 is 0 Å². The number of halogens is 3. The molecular formula is C23H16F3N3O. The molecule has 0 amide bonds. The lowest BCUT2D eigenvalue weighted by Crippen LogP contribution is -2.20. The van der Waals surface area contributed by atoms with Crippen molar-refractivity contribution in [2.75, 3.05) is 0 Å². The van der Waals surface area contributed by atoms with Gasteiger partial charge in [-0.2, -0.15) is 22.9 Å². The summed E-state index contributed by atoms with van der Waals surface area (Å²) in [5.41, 5.74) is 0.984. The second-order valence-electron chi connectivity index (χ2n) is 6.75. The van der Waals surface area contributed by atoms with Crippen molar-refractivity contribution >= 4 is 17.1 Å². The number of para-hydroxylation sites is 1. The third kappa shape index (κ3) is 3.74. The molecule has 0 fully saturated rings. The summed E-state index contributed by atoms with van der Waals surface area (Å²) < 4.78 is 40.7. The van der Waals surface area contributed by atoms with Crippen molar-refractivity contribution in [1.82, 2.24) is 9.66 Å². The van der Waals surface area contributed by atoms with Gasteiger partial charge in [-0.05, 0) is 42.3 Å². The van der Waals surface area contributed by atoms with Crippen LogP contribution in [0.1, 0.15) is 16.7 Å². The lowest BCUT2D eigenvalue weighted by atomic mass is 10.1. The van der Waals surface area contributed by atoms with Gasteiger partial charge in [-0.3, -0.25) is 4.79 Å². The summed E-state index contributed by atoms with van der Waals surface area (Å²) in [6, 6.07) is 18.8. The quantitative estimate of drug-likeness (QED) is 0.434. The summed E-state index contributed by atoms with van der Waals surface area (Å²) in [7, 11) is 0. The Bertz CT molecular complexity index is 1320. The van der Waals surface area contributed by atoms with E-state index in [4.69, 9.17) is 0 Å². The molecule has 0 aliphatic carbocycles. The highest BCUT2D eigenvalue weighted by Crippen LogP contribution is 2.31. The van der Waals surface area contributed by atoms with E-state index in [2.05, 4.69) is 10.1 Å². The van der Waals surface area contributed by atoms with E-state index in [9.17, 15) is 18.0 Å². The maximum absolute atomic E-state index is 13.2. The fraction of sp³-hybridized carbons (Fsp3) is 0.0870. The predicted octanol–water partition coefficient (Wildman–Crippen LogP) is 5.27. The second kappa shape index (κ2) is 7.59. The van der Waals surface area contributed by atoms with Crippen LogP contribution < -0.4 is 5.56 Å². The smallest absolute Gasteiger partial charge is 0.267 e. The van der Waals surface area contributed by atoms with Crippen LogP contribution in [0.25, 0.3) is 22.3 Å². The number of rotatable bonds is 3. The van der Waals surface area contributed by atoms with Gasteiger partial charge in [0.1, 0.15) is 0 Å². The Balaban J connectivity index is 1.96. The molecule has 3 aromatic carbocycles. The summed E-state index contributed by atoms with van der Waals surface area (Å²) in [6.45, 7) is 1.90. The molecule has 0 saturated carbocycles. The number of benzene rings is 3. The van der Waals surface area contributed by atoms with Crippen LogP contribution in [0.15, 0.2) is 82.7 Å². The van der Waals surface area contributed by atoms with Crippen LogP contribution in [0.4, 0.5) is 13.2 Å². The number of hydrogen-bond donors (Lipinski definition) is 0. The summed E-state index contributed by atoms with van der Waals surface area (Å²) in [6.07, 6.45) is -3.01. The van der Waals surface area contributed by atoms with E-state index >= 15 is 0 Å². The number of nitrogens with zero attached hydrogens (tertiary/aromatic N) is 3. The third-order valence-electron chi connectivity index (χ3n) is 4.70. The zero-order chi connectivity index (χ0) is 21.3. The third-order valence-corrected chi connectivity index (χ3v) is 4.70. The van der Waals surface area contributed by atoms with E-state index in [0.717, 1.165) is 27.9 Å². The second-order valence-corrected chi connectivity index (χ2v) is 6.75. The molecule has 1 heterocycles. The van der Waals surface area contributed by atoms with Crippen LogP contribution in [0.5, 0.6) is 0 Å². The zero-order valence-corrected chi connectivity index (χ0v) is 15.9. The number of hydrogen-bond acceptors (Lipinski definition) is 3. The van der Waals surface area contributed by atoms with Gasteiger partial charge < -0.3 is 0 Å². The van der Waals surface area contributed by atoms with Crippen LogP contribution in [0, 0.1) is 6.92 Å². The molecule has 0 unspecified atom stereocenters. The predicted molar refractivity (Wildman–Crippen MR) is 111 cm³/mol. The first-order valence-corrected chi connectivity index (χ1v) is 9.14. The van der Waals surface area contributed by atoms with Gasteiger partial charge in [0.25, 0.3) is 5.56 Å². The Kier molecular flexibility index (Phi) is 4.95. The maximum Gasteiger partial charge on any atom is 0.416 e. The Morgan fingerprint density at radius 3 is 2.47 bits per heavy atom. The van der Waals surface area contributed by atoms with Crippen molar-refractivity contribution in [1.29, 1.82) is 0 Å². The molecule has 0 atom stereocenters. The van der Waals surface area contributed by atoms with Crippen molar-refractivity contribution in [2.24, 2.45) is 5.10 Å². The lowest BCUT2D eigenvalue weighted by Gasteiger charge is -2.12. The Morgan fingerprint density at radius 1 is 0.967 bits per heavy atom. The van der Waals surface area contributed by atoms with Gasteiger partial charge in [-0.15, -0.1) is 0 Å². The molecule has 0 saturated heterocycles. The molecule has 0 spiro atoms. The van der Waals surface area contributed by atoms with Gasteiger partial charge in [0, 0.05) is 5.56 Å². The molecule has 4 nitrogen and oxygen atoms in total. The molecule has 1 aromatic heterocycles. The van der Waals surface area contributed by atoms with Crippen molar-refractivity contribution < 1.29 is 13.2 Å². The highest BCUT2D eigenvalue weighted by atomic mass is 19.4. The highest BCUT2D eigenvalue weighted by molar-refractivity contribution is 5.83. The Hall–Kier alpha value is -3.74. The zero-order valence-electron chi connectivity index (χ0n) is 15.9. The van der Waals surface area contributed by atoms with E-state index in [1.54, 1.807) is 24.3 Å².